The summed E-state index contributed by atoms with van der Waals surface area (Å²) in [4.78, 5) is 38.4. The van der Waals surface area contributed by atoms with Gasteiger partial charge in [-0.05, 0) is 24.3 Å². The van der Waals surface area contributed by atoms with Crippen molar-refractivity contribution in [1.29, 1.82) is 0 Å². The van der Waals surface area contributed by atoms with Crippen LogP contribution in [0.4, 0.5) is 16.2 Å². The van der Waals surface area contributed by atoms with Gasteiger partial charge in [-0.1, -0.05) is 13.8 Å². The van der Waals surface area contributed by atoms with E-state index in [1.165, 1.54) is 9.80 Å². The summed E-state index contributed by atoms with van der Waals surface area (Å²) in [6.45, 7) is 4.00. The maximum atomic E-state index is 12.2. The van der Waals surface area contributed by atoms with Gasteiger partial charge >= 0.3 is 6.03 Å². The first kappa shape index (κ1) is 15.0. The summed E-state index contributed by atoms with van der Waals surface area (Å²) in [6, 6.07) is 6.36. The van der Waals surface area contributed by atoms with Gasteiger partial charge in [-0.15, -0.1) is 0 Å². The number of benzene rings is 1. The van der Waals surface area contributed by atoms with E-state index in [0.29, 0.717) is 24.3 Å². The van der Waals surface area contributed by atoms with E-state index in [1.807, 2.05) is 0 Å². The summed E-state index contributed by atoms with van der Waals surface area (Å²) in [5.41, 5.74) is 1.15. The van der Waals surface area contributed by atoms with E-state index < -0.39 is 0 Å². The van der Waals surface area contributed by atoms with E-state index in [0.717, 1.165) is 0 Å². The first-order chi connectivity index (χ1) is 9.93. The third-order valence-corrected chi connectivity index (χ3v) is 3.44. The van der Waals surface area contributed by atoms with Crippen LogP contribution in [0, 0.1) is 5.92 Å². The molecule has 1 N–H and O–H groups in total. The third-order valence-electron chi connectivity index (χ3n) is 3.44. The average molecular weight is 289 g/mol. The summed E-state index contributed by atoms with van der Waals surface area (Å²) < 4.78 is 0. The number of urea groups is 1. The minimum atomic E-state index is -0.330. The molecule has 1 atom stereocenters. The minimum absolute atomic E-state index is 0.0822. The van der Waals surface area contributed by atoms with Gasteiger partial charge in [-0.3, -0.25) is 9.59 Å². The van der Waals surface area contributed by atoms with Gasteiger partial charge in [0.25, 0.3) is 0 Å². The number of carbonyl (C=O) groups excluding carboxylic acids is 3. The molecule has 4 amide bonds. The molecule has 1 aliphatic heterocycles. The van der Waals surface area contributed by atoms with E-state index in [4.69, 9.17) is 0 Å². The third kappa shape index (κ3) is 3.04. The van der Waals surface area contributed by atoms with Gasteiger partial charge in [-0.2, -0.15) is 0 Å². The Morgan fingerprint density at radius 2 is 1.90 bits per heavy atom. The number of carbonyl (C=O) groups is 3. The molecule has 1 aromatic rings. The predicted molar refractivity (Wildman–Crippen MR) is 80.0 cm³/mol. The number of nitrogens with one attached hydrogen (secondary N) is 1. The Morgan fingerprint density at radius 1 is 1.29 bits per heavy atom. The molecule has 112 valence electrons. The Hall–Kier alpha value is -2.37. The van der Waals surface area contributed by atoms with Crippen LogP contribution in [0.15, 0.2) is 24.3 Å². The molecule has 2 rings (SSSR count). The van der Waals surface area contributed by atoms with Crippen LogP contribution in [0.2, 0.25) is 0 Å². The fourth-order valence-electron chi connectivity index (χ4n) is 2.23. The minimum Gasteiger partial charge on any atom is -0.326 e. The highest BCUT2D eigenvalue weighted by Gasteiger charge is 2.35. The van der Waals surface area contributed by atoms with Crippen molar-refractivity contribution in [3.05, 3.63) is 24.3 Å². The van der Waals surface area contributed by atoms with Crippen LogP contribution in [-0.2, 0) is 9.59 Å². The molecular weight excluding hydrogens is 270 g/mol. The Labute approximate surface area is 123 Å². The monoisotopic (exact) mass is 289 g/mol. The first-order valence-corrected chi connectivity index (χ1v) is 6.93. The van der Waals surface area contributed by atoms with E-state index in [1.54, 1.807) is 45.2 Å². The standard InChI is InChI=1S/C15H19N3O3/c1-4-13(19)16-11-5-7-12(8-6-11)18-14(20)10(2)9-17(3)15(18)21/h5-8,10H,4,9H2,1-3H3,(H,16,19). The fraction of sp³-hybridized carbons (Fsp3) is 0.400. The fourth-order valence-corrected chi connectivity index (χ4v) is 2.23. The molecule has 1 aliphatic rings. The summed E-state index contributed by atoms with van der Waals surface area (Å²) in [5.74, 6) is -0.517. The highest BCUT2D eigenvalue weighted by molar-refractivity contribution is 6.16. The molecule has 0 saturated carbocycles. The molecule has 1 heterocycles. The van der Waals surface area contributed by atoms with Crippen molar-refractivity contribution in [2.24, 2.45) is 5.92 Å². The van der Waals surface area contributed by atoms with E-state index in [9.17, 15) is 14.4 Å². The Balaban J connectivity index is 2.22. The molecule has 0 radical (unpaired) electrons. The normalized spacial score (nSPS) is 18.9. The van der Waals surface area contributed by atoms with Gasteiger partial charge in [-0.25, -0.2) is 9.69 Å². The molecule has 1 saturated heterocycles. The maximum Gasteiger partial charge on any atom is 0.331 e. The summed E-state index contributed by atoms with van der Waals surface area (Å²) in [6.07, 6.45) is 0.396. The maximum absolute atomic E-state index is 12.2. The van der Waals surface area contributed by atoms with Crippen LogP contribution >= 0.6 is 0 Å². The lowest BCUT2D eigenvalue weighted by Gasteiger charge is -2.35. The van der Waals surface area contributed by atoms with E-state index >= 15 is 0 Å². The SMILES string of the molecule is CCC(=O)Nc1ccc(N2C(=O)C(C)CN(C)C2=O)cc1. The smallest absolute Gasteiger partial charge is 0.326 e. The van der Waals surface area contributed by atoms with Crippen LogP contribution < -0.4 is 10.2 Å². The highest BCUT2D eigenvalue weighted by Crippen LogP contribution is 2.24. The lowest BCUT2D eigenvalue weighted by Crippen LogP contribution is -2.54. The van der Waals surface area contributed by atoms with Gasteiger partial charge in [0.15, 0.2) is 0 Å². The quantitative estimate of drug-likeness (QED) is 0.926. The number of hydrogen-bond donors (Lipinski definition) is 1. The Morgan fingerprint density at radius 3 is 2.48 bits per heavy atom. The van der Waals surface area contributed by atoms with Crippen molar-refractivity contribution < 1.29 is 14.4 Å². The molecule has 21 heavy (non-hydrogen) atoms. The predicted octanol–water partition coefficient (Wildman–Crippen LogP) is 2.07. The molecule has 0 aliphatic carbocycles. The number of nitrogens with zero attached hydrogens (tertiary/aromatic N) is 2. The second-order valence-corrected chi connectivity index (χ2v) is 5.19. The second kappa shape index (κ2) is 5.95. The van der Waals surface area contributed by atoms with Crippen molar-refractivity contribution in [1.82, 2.24) is 4.90 Å². The Kier molecular flexibility index (Phi) is 4.26. The van der Waals surface area contributed by atoms with Gasteiger partial charge < -0.3 is 10.2 Å². The van der Waals surface area contributed by atoms with Crippen LogP contribution in [0.3, 0.4) is 0 Å². The van der Waals surface area contributed by atoms with Crippen molar-refractivity contribution in [3.63, 3.8) is 0 Å². The van der Waals surface area contributed by atoms with E-state index in [-0.39, 0.29) is 23.8 Å². The zero-order valence-corrected chi connectivity index (χ0v) is 12.4. The zero-order chi connectivity index (χ0) is 15.6. The van der Waals surface area contributed by atoms with Gasteiger partial charge in [0.05, 0.1) is 11.6 Å². The summed E-state index contributed by atoms with van der Waals surface area (Å²) >= 11 is 0. The molecule has 0 spiro atoms. The number of rotatable bonds is 3. The molecule has 0 bridgehead atoms. The first-order valence-electron chi connectivity index (χ1n) is 6.93. The largest absolute Gasteiger partial charge is 0.331 e. The van der Waals surface area contributed by atoms with Gasteiger partial charge in [0, 0.05) is 25.7 Å². The van der Waals surface area contributed by atoms with Crippen LogP contribution in [0.5, 0.6) is 0 Å². The molecule has 1 aromatic carbocycles. The number of amides is 4. The Bertz CT molecular complexity index is 548. The number of anilines is 2. The van der Waals surface area contributed by atoms with Crippen LogP contribution in [0.25, 0.3) is 0 Å². The molecule has 1 unspecified atom stereocenters. The second-order valence-electron chi connectivity index (χ2n) is 5.19. The van der Waals surface area contributed by atoms with Crippen LogP contribution in [-0.4, -0.2) is 36.3 Å². The molecular formula is C15H19N3O3. The summed E-state index contributed by atoms with van der Waals surface area (Å²) in [5, 5.41) is 2.72. The van der Waals surface area contributed by atoms with Crippen molar-refractivity contribution >= 4 is 29.2 Å². The lowest BCUT2D eigenvalue weighted by atomic mass is 10.1. The number of imide groups is 1. The average Bonchev–Trinajstić information content (AvgIpc) is 2.47. The molecule has 0 aromatic heterocycles. The molecule has 6 nitrogen and oxygen atoms in total. The lowest BCUT2D eigenvalue weighted by molar-refractivity contribution is -0.122. The molecule has 1 fully saturated rings. The van der Waals surface area contributed by atoms with Crippen molar-refractivity contribution in [2.75, 3.05) is 23.8 Å². The van der Waals surface area contributed by atoms with E-state index in [2.05, 4.69) is 5.32 Å². The number of hydrogen-bond acceptors (Lipinski definition) is 3. The summed E-state index contributed by atoms with van der Waals surface area (Å²) in [7, 11) is 1.67. The zero-order valence-electron chi connectivity index (χ0n) is 12.4. The highest BCUT2D eigenvalue weighted by atomic mass is 16.2. The van der Waals surface area contributed by atoms with Gasteiger partial charge in [0.2, 0.25) is 11.8 Å². The van der Waals surface area contributed by atoms with Crippen molar-refractivity contribution in [3.8, 4) is 0 Å². The topological polar surface area (TPSA) is 69.7 Å². The van der Waals surface area contributed by atoms with Gasteiger partial charge in [0.1, 0.15) is 0 Å². The van der Waals surface area contributed by atoms with Crippen molar-refractivity contribution in [2.45, 2.75) is 20.3 Å². The van der Waals surface area contributed by atoms with Crippen LogP contribution in [0.1, 0.15) is 20.3 Å². The molecule has 6 heteroatoms.